The molecule has 0 rings (SSSR count). The van der Waals surface area contributed by atoms with Gasteiger partial charge in [-0.05, 0) is 18.8 Å². The molecule has 0 amide bonds. The van der Waals surface area contributed by atoms with Crippen LogP contribution in [0.1, 0.15) is 39.5 Å². The maximum atomic E-state index is 10.3. The van der Waals surface area contributed by atoms with Gasteiger partial charge in [0.15, 0.2) is 0 Å². The molecule has 0 aromatic rings. The Morgan fingerprint density at radius 2 is 1.67 bits per heavy atom. The maximum absolute atomic E-state index is 10.3. The zero-order chi connectivity index (χ0) is 11.6. The predicted molar refractivity (Wildman–Crippen MR) is 44.1 cm³/mol. The molecule has 5 nitrogen and oxygen atoms in total. The molecule has 0 saturated heterocycles. The van der Waals surface area contributed by atoms with Crippen molar-refractivity contribution < 1.29 is 41.8 Å². The molecule has 0 aliphatic carbocycles. The average Bonchev–Trinajstić information content (AvgIpc) is 2.04. The molecule has 93 valence electrons. The molecule has 0 N–H and O–H groups in total. The van der Waals surface area contributed by atoms with E-state index < -0.39 is 13.3 Å². The fourth-order valence-corrected chi connectivity index (χ4v) is 0.939. The minimum absolute atomic E-state index is 0. The van der Waals surface area contributed by atoms with Crippen LogP contribution in [0.25, 0.3) is 0 Å². The second-order valence-corrected chi connectivity index (χ2v) is 2.86. The van der Waals surface area contributed by atoms with Crippen LogP contribution in [0, 0.1) is 5.92 Å². The van der Waals surface area contributed by atoms with Crippen molar-refractivity contribution >= 4 is 13.3 Å². The van der Waals surface area contributed by atoms with Crippen molar-refractivity contribution in [2.45, 2.75) is 39.5 Å². The van der Waals surface area contributed by atoms with Gasteiger partial charge in [-0.3, -0.25) is 7.32 Å². The van der Waals surface area contributed by atoms with Crippen molar-refractivity contribution in [3.8, 4) is 0 Å². The Kier molecular flexibility index (Phi) is 18.9. The number of carboxylic acids is 1. The summed E-state index contributed by atoms with van der Waals surface area (Å²) in [5, 5.41) is 35.6. The SMILES string of the molecule is CCCCC(CC)C(=O)[O-].[Co].[O-]B([O-])[O-]. The third kappa shape index (κ3) is 20.1. The van der Waals surface area contributed by atoms with Crippen molar-refractivity contribution in [2.24, 2.45) is 5.92 Å². The van der Waals surface area contributed by atoms with Gasteiger partial charge in [-0.2, -0.15) is 0 Å². The van der Waals surface area contributed by atoms with Gasteiger partial charge in [0.2, 0.25) is 0 Å². The van der Waals surface area contributed by atoms with Crippen molar-refractivity contribution in [2.75, 3.05) is 0 Å². The number of rotatable bonds is 5. The normalized spacial score (nSPS) is 10.5. The third-order valence-electron chi connectivity index (χ3n) is 1.73. The first-order valence-corrected chi connectivity index (χ1v) is 4.63. The second kappa shape index (κ2) is 13.9. The van der Waals surface area contributed by atoms with Crippen molar-refractivity contribution in [3.05, 3.63) is 0 Å². The molecule has 1 atom stereocenters. The summed E-state index contributed by atoms with van der Waals surface area (Å²) in [5.41, 5.74) is 0. The quantitative estimate of drug-likeness (QED) is 0.490. The second-order valence-electron chi connectivity index (χ2n) is 2.86. The zero-order valence-corrected chi connectivity index (χ0v) is 9.90. The van der Waals surface area contributed by atoms with Gasteiger partial charge in [-0.25, -0.2) is 0 Å². The van der Waals surface area contributed by atoms with Gasteiger partial charge in [-0.1, -0.05) is 26.7 Å². The maximum Gasteiger partial charge on any atom is 0.0445 e. The van der Waals surface area contributed by atoms with E-state index in [2.05, 4.69) is 6.92 Å². The molecule has 1 unspecified atom stereocenters. The van der Waals surface area contributed by atoms with Crippen LogP contribution in [0.2, 0.25) is 0 Å². The summed E-state index contributed by atoms with van der Waals surface area (Å²) in [6, 6.07) is 0. The Bertz CT molecular complexity index is 142. The van der Waals surface area contributed by atoms with Crippen molar-refractivity contribution in [3.63, 3.8) is 0 Å². The number of hydrogen-bond acceptors (Lipinski definition) is 5. The van der Waals surface area contributed by atoms with E-state index in [-0.39, 0.29) is 22.7 Å². The van der Waals surface area contributed by atoms with E-state index in [4.69, 9.17) is 15.1 Å². The minimum Gasteiger partial charge on any atom is -0.907 e. The number of carboxylic acid groups (broad SMARTS) is 1. The molecule has 0 spiro atoms. The van der Waals surface area contributed by atoms with Gasteiger partial charge in [0.25, 0.3) is 0 Å². The van der Waals surface area contributed by atoms with E-state index in [0.29, 0.717) is 6.42 Å². The molecule has 0 aliphatic rings. The predicted octanol–water partition coefficient (Wildman–Crippen LogP) is -3.00. The van der Waals surface area contributed by atoms with E-state index in [0.717, 1.165) is 19.3 Å². The summed E-state index contributed by atoms with van der Waals surface area (Å²) in [7, 11) is -2.92. The largest absolute Gasteiger partial charge is 0.907 e. The fraction of sp³-hybridized carbons (Fsp3) is 0.875. The molecule has 0 fully saturated rings. The third-order valence-corrected chi connectivity index (χ3v) is 1.73. The summed E-state index contributed by atoms with van der Waals surface area (Å²) in [4.78, 5) is 10.3. The van der Waals surface area contributed by atoms with Crippen LogP contribution < -0.4 is 20.2 Å². The number of aliphatic carboxylic acids is 1. The van der Waals surface area contributed by atoms with Crippen LogP contribution in [-0.4, -0.2) is 13.3 Å². The van der Waals surface area contributed by atoms with Crippen LogP contribution in [0.5, 0.6) is 0 Å². The molecule has 7 heteroatoms. The molecule has 1 radical (unpaired) electrons. The van der Waals surface area contributed by atoms with E-state index >= 15 is 0 Å². The van der Waals surface area contributed by atoms with Crippen LogP contribution in [0.15, 0.2) is 0 Å². The Balaban J connectivity index is -0.000000249. The molecule has 0 saturated carbocycles. The van der Waals surface area contributed by atoms with E-state index in [1.807, 2.05) is 6.92 Å². The van der Waals surface area contributed by atoms with E-state index in [1.165, 1.54) is 0 Å². The first-order chi connectivity index (χ1) is 6.45. The van der Waals surface area contributed by atoms with Crippen LogP contribution in [0.4, 0.5) is 0 Å². The van der Waals surface area contributed by atoms with Crippen molar-refractivity contribution in [1.82, 2.24) is 0 Å². The smallest absolute Gasteiger partial charge is 0.0445 e. The van der Waals surface area contributed by atoms with Crippen molar-refractivity contribution in [1.29, 1.82) is 0 Å². The molecule has 0 bridgehead atoms. The van der Waals surface area contributed by atoms with Crippen LogP contribution in [0.3, 0.4) is 0 Å². The molecule has 0 aromatic carbocycles. The summed E-state index contributed by atoms with van der Waals surface area (Å²) in [6.07, 6.45) is 3.52. The summed E-state index contributed by atoms with van der Waals surface area (Å²) in [6.45, 7) is 3.94. The zero-order valence-electron chi connectivity index (χ0n) is 8.86. The first kappa shape index (κ1) is 20.3. The minimum atomic E-state index is -2.92. The Morgan fingerprint density at radius 3 is 1.87 bits per heavy atom. The number of carbonyl (C=O) groups is 1. The summed E-state index contributed by atoms with van der Waals surface area (Å²) >= 11 is 0. The van der Waals surface area contributed by atoms with Gasteiger partial charge in [-0.15, -0.1) is 0 Å². The Hall–Kier alpha value is -0.0786. The molecular weight excluding hydrogens is 246 g/mol. The average molecular weight is 261 g/mol. The summed E-state index contributed by atoms with van der Waals surface area (Å²) in [5.74, 6) is -1.11. The molecular formula is C8H15BCoO5-4. The molecule has 0 aromatic heterocycles. The van der Waals surface area contributed by atoms with Gasteiger partial charge >= 0.3 is 0 Å². The number of unbranched alkanes of at least 4 members (excludes halogenated alkanes) is 1. The molecule has 0 heterocycles. The topological polar surface area (TPSA) is 109 Å². The Labute approximate surface area is 101 Å². The number of carbonyl (C=O) groups excluding carboxylic acids is 1. The standard InChI is InChI=1S/C8H16O2.BO3.Co/c1-3-5-6-7(4-2)8(9)10;2-1(3)4;/h7H,3-6H2,1-2H3,(H,9,10);;/q;-3;/p-1. The van der Waals surface area contributed by atoms with Crippen LogP contribution >= 0.6 is 0 Å². The Morgan fingerprint density at radius 1 is 1.27 bits per heavy atom. The van der Waals surface area contributed by atoms with E-state index in [1.54, 1.807) is 0 Å². The molecule has 15 heavy (non-hydrogen) atoms. The molecule has 0 aliphatic heterocycles. The van der Waals surface area contributed by atoms with Gasteiger partial charge in [0.05, 0.1) is 0 Å². The first-order valence-electron chi connectivity index (χ1n) is 4.63. The fourth-order valence-electron chi connectivity index (χ4n) is 0.939. The van der Waals surface area contributed by atoms with Gasteiger partial charge in [0.1, 0.15) is 0 Å². The number of hydrogen-bond donors (Lipinski definition) is 0. The van der Waals surface area contributed by atoms with Gasteiger partial charge < -0.3 is 25.0 Å². The van der Waals surface area contributed by atoms with Gasteiger partial charge in [0, 0.05) is 22.7 Å². The monoisotopic (exact) mass is 261 g/mol. The van der Waals surface area contributed by atoms with E-state index in [9.17, 15) is 9.90 Å². The van der Waals surface area contributed by atoms with Crippen LogP contribution in [-0.2, 0) is 21.6 Å². The summed E-state index contributed by atoms with van der Waals surface area (Å²) < 4.78 is 0.